The lowest BCUT2D eigenvalue weighted by Crippen LogP contribution is -2.37. The van der Waals surface area contributed by atoms with Crippen molar-refractivity contribution in [2.45, 2.75) is 45.8 Å². The number of carbonyl (C=O) groups is 2. The topological polar surface area (TPSA) is 77.5 Å². The number of carbonyl (C=O) groups excluding carboxylic acids is 2. The Kier molecular flexibility index (Phi) is 8.02. The van der Waals surface area contributed by atoms with Crippen LogP contribution in [-0.4, -0.2) is 37.7 Å². The van der Waals surface area contributed by atoms with Crippen LogP contribution >= 0.6 is 0 Å². The van der Waals surface area contributed by atoms with Gasteiger partial charge in [0.25, 0.3) is 5.91 Å². The zero-order valence-electron chi connectivity index (χ0n) is 22.5. The summed E-state index contributed by atoms with van der Waals surface area (Å²) in [7, 11) is 0. The van der Waals surface area contributed by atoms with Gasteiger partial charge in [-0.05, 0) is 62.2 Å². The highest BCUT2D eigenvalue weighted by Gasteiger charge is 2.60. The van der Waals surface area contributed by atoms with Gasteiger partial charge in [0.1, 0.15) is 11.7 Å². The summed E-state index contributed by atoms with van der Waals surface area (Å²) in [5.41, 5.74) is 1.96. The van der Waals surface area contributed by atoms with Crippen LogP contribution in [0.1, 0.15) is 45.2 Å². The van der Waals surface area contributed by atoms with Gasteiger partial charge in [-0.3, -0.25) is 14.4 Å². The lowest BCUT2D eigenvalue weighted by molar-refractivity contribution is -0.126. The Morgan fingerprint density at radius 3 is 2.23 bits per heavy atom. The van der Waals surface area contributed by atoms with Gasteiger partial charge >= 0.3 is 0 Å². The van der Waals surface area contributed by atoms with Crippen LogP contribution in [0.15, 0.2) is 72.8 Å². The first kappa shape index (κ1) is 26.6. The quantitative estimate of drug-likeness (QED) is 0.232. The first-order valence-corrected chi connectivity index (χ1v) is 13.6. The van der Waals surface area contributed by atoms with E-state index in [9.17, 15) is 9.59 Å². The van der Waals surface area contributed by atoms with Crippen molar-refractivity contribution < 1.29 is 28.6 Å². The first-order valence-electron chi connectivity index (χ1n) is 13.6. The minimum absolute atomic E-state index is 0.332. The van der Waals surface area contributed by atoms with E-state index in [1.54, 1.807) is 23.3 Å². The lowest BCUT2D eigenvalue weighted by atomic mass is 9.90. The van der Waals surface area contributed by atoms with Gasteiger partial charge in [0, 0.05) is 0 Å². The number of hydrogen-bond donors (Lipinski definition) is 0. The normalized spacial score (nSPS) is 20.3. The van der Waals surface area contributed by atoms with Crippen molar-refractivity contribution in [3.63, 3.8) is 0 Å². The molecule has 0 saturated carbocycles. The Morgan fingerprint density at radius 1 is 0.769 bits per heavy atom. The highest BCUT2D eigenvalue weighted by molar-refractivity contribution is 6.24. The number of hydrogen-bond acceptors (Lipinski definition) is 7. The number of imide groups is 1. The van der Waals surface area contributed by atoms with Gasteiger partial charge in [0.2, 0.25) is 5.91 Å². The molecule has 39 heavy (non-hydrogen) atoms. The number of rotatable bonds is 11. The third-order valence-corrected chi connectivity index (χ3v) is 6.90. The second-order valence-electron chi connectivity index (χ2n) is 9.41. The minimum atomic E-state index is -0.978. The molecule has 5 rings (SSSR count). The average Bonchev–Trinajstić information content (AvgIpc) is 3.46. The van der Waals surface area contributed by atoms with E-state index in [4.69, 9.17) is 19.0 Å². The monoisotopic (exact) mass is 530 g/mol. The second kappa shape index (κ2) is 11.8. The van der Waals surface area contributed by atoms with E-state index in [0.29, 0.717) is 42.8 Å². The molecule has 2 aliphatic rings. The maximum absolute atomic E-state index is 14.1. The van der Waals surface area contributed by atoms with Crippen molar-refractivity contribution in [2.75, 3.05) is 29.8 Å². The Balaban J connectivity index is 1.56. The molecule has 0 aliphatic carbocycles. The molecule has 2 heterocycles. The number of anilines is 2. The molecule has 2 amide bonds. The lowest BCUT2D eigenvalue weighted by Gasteiger charge is -2.29. The van der Waals surface area contributed by atoms with Crippen molar-refractivity contribution >= 4 is 23.2 Å². The molecule has 2 aliphatic heterocycles. The van der Waals surface area contributed by atoms with E-state index in [2.05, 4.69) is 6.92 Å². The van der Waals surface area contributed by atoms with Gasteiger partial charge in [-0.15, -0.1) is 0 Å². The number of benzene rings is 3. The SMILES string of the molecule is CCCCOc1ccc([C@@H]2[C@@H]3C(=O)N(c4ccccc4OCC)C(=O)[C@H]3ON2c2ccccc2)cc1OCC. The molecule has 204 valence electrons. The smallest absolute Gasteiger partial charge is 0.266 e. The molecule has 0 spiro atoms. The summed E-state index contributed by atoms with van der Waals surface area (Å²) in [5.74, 6) is 0.209. The number of nitrogens with zero attached hydrogens (tertiary/aromatic N) is 2. The third kappa shape index (κ3) is 5.04. The van der Waals surface area contributed by atoms with Crippen molar-refractivity contribution in [2.24, 2.45) is 5.92 Å². The molecule has 0 radical (unpaired) electrons. The van der Waals surface area contributed by atoms with Crippen LogP contribution in [-0.2, 0) is 14.4 Å². The van der Waals surface area contributed by atoms with E-state index >= 15 is 0 Å². The van der Waals surface area contributed by atoms with Gasteiger partial charge in [0.15, 0.2) is 17.6 Å². The Labute approximate surface area is 229 Å². The summed E-state index contributed by atoms with van der Waals surface area (Å²) in [6, 6.07) is 21.7. The summed E-state index contributed by atoms with van der Waals surface area (Å²) in [6.45, 7) is 7.35. The molecule has 3 aromatic carbocycles. The Morgan fingerprint density at radius 2 is 1.49 bits per heavy atom. The number of ether oxygens (including phenoxy) is 3. The molecule has 0 bridgehead atoms. The fourth-order valence-corrected chi connectivity index (χ4v) is 5.13. The molecule has 3 aromatic rings. The first-order chi connectivity index (χ1) is 19.1. The molecule has 2 saturated heterocycles. The van der Waals surface area contributed by atoms with Crippen LogP contribution in [0.4, 0.5) is 11.4 Å². The highest BCUT2D eigenvalue weighted by atomic mass is 16.7. The maximum atomic E-state index is 14.1. The summed E-state index contributed by atoms with van der Waals surface area (Å²) in [6.07, 6.45) is 0.981. The maximum Gasteiger partial charge on any atom is 0.266 e. The predicted octanol–water partition coefficient (Wildman–Crippen LogP) is 5.71. The van der Waals surface area contributed by atoms with E-state index in [-0.39, 0.29) is 5.91 Å². The molecular weight excluding hydrogens is 496 g/mol. The van der Waals surface area contributed by atoms with Crippen LogP contribution in [0.5, 0.6) is 17.2 Å². The van der Waals surface area contributed by atoms with Gasteiger partial charge in [0.05, 0.1) is 37.2 Å². The van der Waals surface area contributed by atoms with Crippen LogP contribution in [0, 0.1) is 5.92 Å². The molecule has 2 fully saturated rings. The van der Waals surface area contributed by atoms with Crippen LogP contribution in [0.3, 0.4) is 0 Å². The Hall–Kier alpha value is -4.04. The second-order valence-corrected chi connectivity index (χ2v) is 9.41. The summed E-state index contributed by atoms with van der Waals surface area (Å²) < 4.78 is 17.7. The van der Waals surface area contributed by atoms with Crippen molar-refractivity contribution in [1.82, 2.24) is 0 Å². The van der Waals surface area contributed by atoms with Crippen molar-refractivity contribution in [3.8, 4) is 17.2 Å². The summed E-state index contributed by atoms with van der Waals surface area (Å²) in [4.78, 5) is 35.3. The molecule has 8 heteroatoms. The van der Waals surface area contributed by atoms with Gasteiger partial charge in [-0.25, -0.2) is 9.96 Å². The van der Waals surface area contributed by atoms with Crippen LogP contribution < -0.4 is 24.2 Å². The number of amides is 2. The van der Waals surface area contributed by atoms with E-state index in [1.165, 1.54) is 4.90 Å². The largest absolute Gasteiger partial charge is 0.492 e. The standard InChI is InChI=1S/C31H34N2O6/c1-4-7-19-38-25-18-17-21(20-26(25)37-6-3)28-27-29(39-33(28)22-13-9-8-10-14-22)31(35)32(30(27)34)23-15-11-12-16-24(23)36-5-2/h8-18,20,27-29H,4-7,19H2,1-3H3/t27-,28+,29-/m0/s1. The highest BCUT2D eigenvalue weighted by Crippen LogP contribution is 2.49. The number of unbranched alkanes of at least 4 members (excludes halogenated alkanes) is 1. The fourth-order valence-electron chi connectivity index (χ4n) is 5.13. The molecular formula is C31H34N2O6. The summed E-state index contributed by atoms with van der Waals surface area (Å²) >= 11 is 0. The average molecular weight is 531 g/mol. The molecule has 0 N–H and O–H groups in total. The van der Waals surface area contributed by atoms with Gasteiger partial charge in [-0.2, -0.15) is 0 Å². The molecule has 0 aromatic heterocycles. The predicted molar refractivity (Wildman–Crippen MR) is 148 cm³/mol. The van der Waals surface area contributed by atoms with Gasteiger partial charge < -0.3 is 14.2 Å². The molecule has 3 atom stereocenters. The molecule has 8 nitrogen and oxygen atoms in total. The third-order valence-electron chi connectivity index (χ3n) is 6.90. The number of fused-ring (bicyclic) bond motifs is 1. The zero-order valence-corrected chi connectivity index (χ0v) is 22.5. The van der Waals surface area contributed by atoms with Crippen LogP contribution in [0.2, 0.25) is 0 Å². The van der Waals surface area contributed by atoms with Gasteiger partial charge in [-0.1, -0.05) is 49.7 Å². The number of hydroxylamine groups is 1. The summed E-state index contributed by atoms with van der Waals surface area (Å²) in [5, 5.41) is 1.68. The number of para-hydroxylation sites is 3. The van der Waals surface area contributed by atoms with E-state index in [0.717, 1.165) is 24.1 Å². The molecule has 0 unspecified atom stereocenters. The van der Waals surface area contributed by atoms with Crippen molar-refractivity contribution in [3.05, 3.63) is 78.4 Å². The van der Waals surface area contributed by atoms with Crippen LogP contribution in [0.25, 0.3) is 0 Å². The van der Waals surface area contributed by atoms with Crippen molar-refractivity contribution in [1.29, 1.82) is 0 Å². The zero-order chi connectivity index (χ0) is 27.4. The Bertz CT molecular complexity index is 1310. The minimum Gasteiger partial charge on any atom is -0.492 e. The van der Waals surface area contributed by atoms with E-state index < -0.39 is 24.0 Å². The van der Waals surface area contributed by atoms with E-state index in [1.807, 2.05) is 68.4 Å². The fraction of sp³-hybridized carbons (Fsp3) is 0.355.